The Balaban J connectivity index is 2.11. The Morgan fingerprint density at radius 3 is 2.44 bits per heavy atom. The van der Waals surface area contributed by atoms with E-state index in [-0.39, 0.29) is 11.3 Å². The van der Waals surface area contributed by atoms with E-state index in [0.717, 1.165) is 11.8 Å². The van der Waals surface area contributed by atoms with Crippen molar-refractivity contribution in [1.82, 2.24) is 0 Å². The van der Waals surface area contributed by atoms with Crippen LogP contribution >= 0.6 is 11.6 Å². The standard InChI is InChI=1S/C18H19ClN2O5S/c1-11-8-9-13(19)10-16(11)20-17(22)12(2)26-18(23)14-6-4-5-7-15(14)21-27(3,24)25/h4-10,12,21H,1-3H3,(H,20,22)/t12-/m1/s1. The van der Waals surface area contributed by atoms with Crippen LogP contribution in [0.15, 0.2) is 42.5 Å². The van der Waals surface area contributed by atoms with E-state index in [1.165, 1.54) is 19.1 Å². The first kappa shape index (κ1) is 20.7. The summed E-state index contributed by atoms with van der Waals surface area (Å²) in [6.07, 6.45) is -0.138. The van der Waals surface area contributed by atoms with Crippen LogP contribution in [-0.2, 0) is 19.6 Å². The van der Waals surface area contributed by atoms with Crippen molar-refractivity contribution < 1.29 is 22.7 Å². The predicted octanol–water partition coefficient (Wildman–Crippen LogP) is 3.20. The molecule has 2 N–H and O–H groups in total. The molecule has 0 spiro atoms. The second kappa shape index (κ2) is 8.41. The van der Waals surface area contributed by atoms with Crippen LogP contribution in [0.4, 0.5) is 11.4 Å². The minimum Gasteiger partial charge on any atom is -0.449 e. The van der Waals surface area contributed by atoms with Crippen LogP contribution in [0.25, 0.3) is 0 Å². The SMILES string of the molecule is Cc1ccc(Cl)cc1NC(=O)[C@@H](C)OC(=O)c1ccccc1NS(C)(=O)=O. The fourth-order valence-corrected chi connectivity index (χ4v) is 2.94. The summed E-state index contributed by atoms with van der Waals surface area (Å²) in [5.74, 6) is -1.37. The number of rotatable bonds is 6. The molecule has 0 aliphatic rings. The highest BCUT2D eigenvalue weighted by Crippen LogP contribution is 2.21. The van der Waals surface area contributed by atoms with Gasteiger partial charge >= 0.3 is 5.97 Å². The number of para-hydroxylation sites is 1. The molecule has 0 saturated carbocycles. The number of esters is 1. The lowest BCUT2D eigenvalue weighted by atomic mass is 10.2. The van der Waals surface area contributed by atoms with Crippen LogP contribution in [-0.4, -0.2) is 32.7 Å². The van der Waals surface area contributed by atoms with Crippen molar-refractivity contribution in [1.29, 1.82) is 0 Å². The number of hydrogen-bond acceptors (Lipinski definition) is 5. The molecule has 9 heteroatoms. The van der Waals surface area contributed by atoms with Crippen molar-refractivity contribution in [2.75, 3.05) is 16.3 Å². The minimum absolute atomic E-state index is 0.00140. The minimum atomic E-state index is -3.58. The molecule has 0 aliphatic heterocycles. The first-order valence-corrected chi connectivity index (χ1v) is 10.2. The van der Waals surface area contributed by atoms with Gasteiger partial charge in [0.15, 0.2) is 6.10 Å². The van der Waals surface area contributed by atoms with Gasteiger partial charge in [-0.2, -0.15) is 0 Å². The first-order valence-electron chi connectivity index (χ1n) is 7.91. The number of halogens is 1. The van der Waals surface area contributed by atoms with Crippen molar-refractivity contribution in [3.05, 3.63) is 58.6 Å². The Labute approximate surface area is 162 Å². The summed E-state index contributed by atoms with van der Waals surface area (Å²) in [5.41, 5.74) is 1.38. The van der Waals surface area contributed by atoms with E-state index in [1.807, 2.05) is 0 Å². The number of sulfonamides is 1. The van der Waals surface area contributed by atoms with E-state index in [4.69, 9.17) is 16.3 Å². The smallest absolute Gasteiger partial charge is 0.341 e. The van der Waals surface area contributed by atoms with Gasteiger partial charge in [0.25, 0.3) is 5.91 Å². The van der Waals surface area contributed by atoms with Crippen LogP contribution in [0.2, 0.25) is 5.02 Å². The molecule has 0 radical (unpaired) electrons. The molecule has 0 bridgehead atoms. The van der Waals surface area contributed by atoms with Gasteiger partial charge in [0.2, 0.25) is 10.0 Å². The highest BCUT2D eigenvalue weighted by molar-refractivity contribution is 7.92. The summed E-state index contributed by atoms with van der Waals surface area (Å²) < 4.78 is 30.3. The predicted molar refractivity (Wildman–Crippen MR) is 105 cm³/mol. The molecule has 0 heterocycles. The van der Waals surface area contributed by atoms with E-state index >= 15 is 0 Å². The maximum absolute atomic E-state index is 12.4. The van der Waals surface area contributed by atoms with E-state index in [0.29, 0.717) is 10.7 Å². The molecular weight excluding hydrogens is 392 g/mol. The molecule has 2 aromatic carbocycles. The second-order valence-electron chi connectivity index (χ2n) is 5.92. The van der Waals surface area contributed by atoms with Gasteiger partial charge in [-0.05, 0) is 43.7 Å². The highest BCUT2D eigenvalue weighted by atomic mass is 35.5. The van der Waals surface area contributed by atoms with Crippen molar-refractivity contribution in [3.63, 3.8) is 0 Å². The van der Waals surface area contributed by atoms with Gasteiger partial charge in [-0.1, -0.05) is 29.8 Å². The molecule has 1 amide bonds. The van der Waals surface area contributed by atoms with Gasteiger partial charge in [0.1, 0.15) is 0 Å². The van der Waals surface area contributed by atoms with E-state index in [2.05, 4.69) is 10.0 Å². The number of nitrogens with one attached hydrogen (secondary N) is 2. The van der Waals surface area contributed by atoms with Gasteiger partial charge < -0.3 is 10.1 Å². The molecule has 2 rings (SSSR count). The number of benzene rings is 2. The highest BCUT2D eigenvalue weighted by Gasteiger charge is 2.22. The number of amides is 1. The third-order valence-electron chi connectivity index (χ3n) is 3.55. The quantitative estimate of drug-likeness (QED) is 0.712. The molecule has 0 fully saturated rings. The second-order valence-corrected chi connectivity index (χ2v) is 8.10. The number of aryl methyl sites for hydroxylation is 1. The average molecular weight is 411 g/mol. The Hall–Kier alpha value is -2.58. The Morgan fingerprint density at radius 2 is 1.78 bits per heavy atom. The molecular formula is C18H19ClN2O5S. The van der Waals surface area contributed by atoms with E-state index in [9.17, 15) is 18.0 Å². The van der Waals surface area contributed by atoms with Crippen LogP contribution in [0.5, 0.6) is 0 Å². The van der Waals surface area contributed by atoms with Crippen LogP contribution < -0.4 is 10.0 Å². The summed E-state index contributed by atoms with van der Waals surface area (Å²) in [6.45, 7) is 3.22. The maximum Gasteiger partial charge on any atom is 0.341 e. The largest absolute Gasteiger partial charge is 0.449 e. The maximum atomic E-state index is 12.4. The number of hydrogen-bond donors (Lipinski definition) is 2. The molecule has 0 unspecified atom stereocenters. The average Bonchev–Trinajstić information content (AvgIpc) is 2.57. The molecule has 144 valence electrons. The van der Waals surface area contributed by atoms with Crippen molar-refractivity contribution in [2.24, 2.45) is 0 Å². The van der Waals surface area contributed by atoms with Gasteiger partial charge in [0, 0.05) is 10.7 Å². The fraction of sp³-hybridized carbons (Fsp3) is 0.222. The molecule has 0 aromatic heterocycles. The molecule has 0 saturated heterocycles. The third-order valence-corrected chi connectivity index (χ3v) is 4.38. The van der Waals surface area contributed by atoms with Crippen LogP contribution in [0.3, 0.4) is 0 Å². The zero-order valence-corrected chi connectivity index (χ0v) is 16.5. The van der Waals surface area contributed by atoms with E-state index in [1.54, 1.807) is 37.3 Å². The summed E-state index contributed by atoms with van der Waals surface area (Å²) in [4.78, 5) is 24.7. The lowest BCUT2D eigenvalue weighted by molar-refractivity contribution is -0.123. The monoisotopic (exact) mass is 410 g/mol. The summed E-state index contributed by atoms with van der Waals surface area (Å²) in [6, 6.07) is 11.0. The molecule has 7 nitrogen and oxygen atoms in total. The number of carbonyl (C=O) groups is 2. The Bertz CT molecular complexity index is 975. The summed E-state index contributed by atoms with van der Waals surface area (Å²) >= 11 is 5.92. The van der Waals surface area contributed by atoms with Crippen LogP contribution in [0, 0.1) is 6.92 Å². The van der Waals surface area contributed by atoms with Crippen LogP contribution in [0.1, 0.15) is 22.8 Å². The van der Waals surface area contributed by atoms with Gasteiger partial charge in [-0.15, -0.1) is 0 Å². The van der Waals surface area contributed by atoms with Gasteiger partial charge in [-0.25, -0.2) is 13.2 Å². The molecule has 27 heavy (non-hydrogen) atoms. The first-order chi connectivity index (χ1) is 12.6. The van der Waals surface area contributed by atoms with Gasteiger partial charge in [0.05, 0.1) is 17.5 Å². The van der Waals surface area contributed by atoms with Crippen molar-refractivity contribution in [3.8, 4) is 0 Å². The fourth-order valence-electron chi connectivity index (χ4n) is 2.19. The zero-order chi connectivity index (χ0) is 20.2. The topological polar surface area (TPSA) is 102 Å². The lowest BCUT2D eigenvalue weighted by Gasteiger charge is -2.16. The normalized spacial score (nSPS) is 12.1. The molecule has 1 atom stereocenters. The molecule has 2 aromatic rings. The number of anilines is 2. The summed E-state index contributed by atoms with van der Waals surface area (Å²) in [5, 5.41) is 3.11. The third kappa shape index (κ3) is 5.97. The molecule has 0 aliphatic carbocycles. The van der Waals surface area contributed by atoms with Gasteiger partial charge in [-0.3, -0.25) is 9.52 Å². The van der Waals surface area contributed by atoms with Crippen molar-refractivity contribution >= 4 is 44.9 Å². The van der Waals surface area contributed by atoms with E-state index < -0.39 is 28.0 Å². The summed E-state index contributed by atoms with van der Waals surface area (Å²) in [7, 11) is -3.58. The van der Waals surface area contributed by atoms with Crippen molar-refractivity contribution in [2.45, 2.75) is 20.0 Å². The lowest BCUT2D eigenvalue weighted by Crippen LogP contribution is -2.30. The Morgan fingerprint density at radius 1 is 1.11 bits per heavy atom. The number of carbonyl (C=O) groups excluding carboxylic acids is 2. The zero-order valence-electron chi connectivity index (χ0n) is 14.9. The Kier molecular flexibility index (Phi) is 6.45. The number of ether oxygens (including phenoxy) is 1.